The van der Waals surface area contributed by atoms with Crippen molar-refractivity contribution >= 4 is 9.84 Å². The highest BCUT2D eigenvalue weighted by molar-refractivity contribution is 7.90. The maximum Gasteiger partial charge on any atom is 0.149 e. The molecule has 19 heavy (non-hydrogen) atoms. The quantitative estimate of drug-likeness (QED) is 0.873. The van der Waals surface area contributed by atoms with Crippen molar-refractivity contribution in [2.45, 2.75) is 40.2 Å². The molecule has 1 rings (SSSR count). The molecule has 0 aliphatic rings. The third-order valence-electron chi connectivity index (χ3n) is 3.37. The summed E-state index contributed by atoms with van der Waals surface area (Å²) in [6.07, 6.45) is 2.29. The van der Waals surface area contributed by atoms with E-state index in [-0.39, 0.29) is 11.8 Å². The number of rotatable bonds is 6. The normalized spacial score (nSPS) is 13.5. The van der Waals surface area contributed by atoms with E-state index >= 15 is 0 Å². The lowest BCUT2D eigenvalue weighted by Crippen LogP contribution is -2.29. The molecule has 1 aromatic rings. The van der Waals surface area contributed by atoms with Crippen molar-refractivity contribution in [1.29, 1.82) is 0 Å². The van der Waals surface area contributed by atoms with Gasteiger partial charge in [-0.05, 0) is 56.0 Å². The van der Waals surface area contributed by atoms with Crippen LogP contribution in [0.5, 0.6) is 0 Å². The van der Waals surface area contributed by atoms with Crippen molar-refractivity contribution < 1.29 is 8.42 Å². The van der Waals surface area contributed by atoms with E-state index in [9.17, 15) is 8.42 Å². The summed E-state index contributed by atoms with van der Waals surface area (Å²) in [5.74, 6) is 0.149. The second-order valence-electron chi connectivity index (χ2n) is 5.39. The molecular weight excluding hydrogens is 258 g/mol. The highest BCUT2D eigenvalue weighted by Gasteiger charge is 2.19. The monoisotopic (exact) mass is 283 g/mol. The van der Waals surface area contributed by atoms with Gasteiger partial charge in [0.1, 0.15) is 9.84 Å². The van der Waals surface area contributed by atoms with E-state index in [4.69, 9.17) is 0 Å². The minimum atomic E-state index is -3.00. The van der Waals surface area contributed by atoms with Crippen molar-refractivity contribution in [3.8, 4) is 0 Å². The molecule has 3 nitrogen and oxygen atoms in total. The maximum atomic E-state index is 11.6. The SMILES string of the molecule is CCCNC(CS(C)(=O)=O)c1cc(C)c(C)cc1C. The lowest BCUT2D eigenvalue weighted by molar-refractivity contribution is 0.547. The summed E-state index contributed by atoms with van der Waals surface area (Å²) in [5, 5.41) is 3.35. The number of nitrogens with one attached hydrogen (secondary N) is 1. The predicted molar refractivity (Wildman–Crippen MR) is 81.4 cm³/mol. The summed E-state index contributed by atoms with van der Waals surface area (Å²) in [5.41, 5.74) is 4.70. The van der Waals surface area contributed by atoms with Gasteiger partial charge < -0.3 is 5.32 Å². The topological polar surface area (TPSA) is 46.2 Å². The number of benzene rings is 1. The van der Waals surface area contributed by atoms with E-state index in [0.717, 1.165) is 24.1 Å². The fourth-order valence-corrected chi connectivity index (χ4v) is 3.14. The molecule has 0 heterocycles. The predicted octanol–water partition coefficient (Wildman–Crippen LogP) is 2.70. The highest BCUT2D eigenvalue weighted by atomic mass is 32.2. The van der Waals surface area contributed by atoms with Crippen LogP contribution in [0.3, 0.4) is 0 Å². The zero-order valence-corrected chi connectivity index (χ0v) is 13.4. The molecule has 1 atom stereocenters. The highest BCUT2D eigenvalue weighted by Crippen LogP contribution is 2.23. The Balaban J connectivity index is 3.13. The molecule has 108 valence electrons. The van der Waals surface area contributed by atoms with E-state index in [1.165, 1.54) is 17.4 Å². The second-order valence-corrected chi connectivity index (χ2v) is 7.58. The summed E-state index contributed by atoms with van der Waals surface area (Å²) in [7, 11) is -3.00. The van der Waals surface area contributed by atoms with Gasteiger partial charge in [0.2, 0.25) is 0 Å². The van der Waals surface area contributed by atoms with Gasteiger partial charge in [0.15, 0.2) is 0 Å². The Morgan fingerprint density at radius 1 is 1.11 bits per heavy atom. The zero-order valence-electron chi connectivity index (χ0n) is 12.6. The van der Waals surface area contributed by atoms with Crippen molar-refractivity contribution in [2.24, 2.45) is 0 Å². The molecule has 0 radical (unpaired) electrons. The van der Waals surface area contributed by atoms with Gasteiger partial charge >= 0.3 is 0 Å². The molecule has 0 aromatic heterocycles. The molecule has 0 spiro atoms. The average molecular weight is 283 g/mol. The Kier molecular flexibility index (Phi) is 5.56. The average Bonchev–Trinajstić information content (AvgIpc) is 2.28. The van der Waals surface area contributed by atoms with Crippen LogP contribution in [0.15, 0.2) is 12.1 Å². The first-order valence-electron chi connectivity index (χ1n) is 6.73. The first-order valence-corrected chi connectivity index (χ1v) is 8.79. The van der Waals surface area contributed by atoms with Crippen molar-refractivity contribution in [3.63, 3.8) is 0 Å². The largest absolute Gasteiger partial charge is 0.309 e. The Morgan fingerprint density at radius 3 is 2.21 bits per heavy atom. The first kappa shape index (κ1) is 16.2. The summed E-state index contributed by atoms with van der Waals surface area (Å²) in [6.45, 7) is 9.10. The van der Waals surface area contributed by atoms with Gasteiger partial charge in [0, 0.05) is 12.3 Å². The Hall–Kier alpha value is -0.870. The lowest BCUT2D eigenvalue weighted by atomic mass is 9.96. The van der Waals surface area contributed by atoms with Crippen LogP contribution in [0.25, 0.3) is 0 Å². The molecule has 0 saturated carbocycles. The van der Waals surface area contributed by atoms with E-state index in [1.54, 1.807) is 0 Å². The molecule has 0 fully saturated rings. The van der Waals surface area contributed by atoms with Gasteiger partial charge in [-0.1, -0.05) is 19.1 Å². The van der Waals surface area contributed by atoms with Gasteiger partial charge in [-0.3, -0.25) is 0 Å². The summed E-state index contributed by atoms with van der Waals surface area (Å²) in [4.78, 5) is 0. The van der Waals surface area contributed by atoms with Crippen LogP contribution < -0.4 is 5.32 Å². The smallest absolute Gasteiger partial charge is 0.149 e. The third-order valence-corrected chi connectivity index (χ3v) is 4.31. The van der Waals surface area contributed by atoms with Crippen LogP contribution in [-0.2, 0) is 9.84 Å². The van der Waals surface area contributed by atoms with Crippen LogP contribution in [0.1, 0.15) is 41.6 Å². The molecule has 0 amide bonds. The molecule has 4 heteroatoms. The van der Waals surface area contributed by atoms with Crippen LogP contribution in [0.2, 0.25) is 0 Å². The van der Waals surface area contributed by atoms with Crippen molar-refractivity contribution in [1.82, 2.24) is 5.32 Å². The van der Waals surface area contributed by atoms with E-state index in [0.29, 0.717) is 0 Å². The molecule has 0 bridgehead atoms. The molecule has 1 aromatic carbocycles. The van der Waals surface area contributed by atoms with Gasteiger partial charge in [-0.25, -0.2) is 8.42 Å². The Bertz CT molecular complexity index is 535. The molecule has 0 aliphatic heterocycles. The third kappa shape index (κ3) is 4.96. The zero-order chi connectivity index (χ0) is 14.6. The van der Waals surface area contributed by atoms with Crippen LogP contribution >= 0.6 is 0 Å². The summed E-state index contributed by atoms with van der Waals surface area (Å²) in [6, 6.07) is 4.13. The molecular formula is C15H25NO2S. The Morgan fingerprint density at radius 2 is 1.68 bits per heavy atom. The molecule has 0 aliphatic carbocycles. The van der Waals surface area contributed by atoms with E-state index in [1.807, 2.05) is 6.92 Å². The lowest BCUT2D eigenvalue weighted by Gasteiger charge is -2.21. The number of hydrogen-bond acceptors (Lipinski definition) is 3. The maximum absolute atomic E-state index is 11.6. The summed E-state index contributed by atoms with van der Waals surface area (Å²) >= 11 is 0. The Labute approximate surface area is 117 Å². The van der Waals surface area contributed by atoms with Crippen molar-refractivity contribution in [2.75, 3.05) is 18.6 Å². The van der Waals surface area contributed by atoms with Gasteiger partial charge in [-0.15, -0.1) is 0 Å². The second kappa shape index (κ2) is 6.53. The van der Waals surface area contributed by atoms with Crippen LogP contribution in [0.4, 0.5) is 0 Å². The fraction of sp³-hybridized carbons (Fsp3) is 0.600. The molecule has 1 unspecified atom stereocenters. The van der Waals surface area contributed by atoms with E-state index < -0.39 is 9.84 Å². The molecule has 0 saturated heterocycles. The van der Waals surface area contributed by atoms with Gasteiger partial charge in [0.05, 0.1) is 5.75 Å². The van der Waals surface area contributed by atoms with Crippen LogP contribution in [-0.4, -0.2) is 27.0 Å². The standard InChI is InChI=1S/C15H25NO2S/c1-6-7-16-15(10-19(5,17)18)14-9-12(3)11(2)8-13(14)4/h8-9,15-16H,6-7,10H2,1-5H3. The van der Waals surface area contributed by atoms with Gasteiger partial charge in [-0.2, -0.15) is 0 Å². The summed E-state index contributed by atoms with van der Waals surface area (Å²) < 4.78 is 23.2. The number of hydrogen-bond donors (Lipinski definition) is 1. The van der Waals surface area contributed by atoms with E-state index in [2.05, 4.69) is 38.2 Å². The minimum Gasteiger partial charge on any atom is -0.309 e. The minimum absolute atomic E-state index is 0.116. The number of sulfone groups is 1. The fourth-order valence-electron chi connectivity index (χ4n) is 2.24. The first-order chi connectivity index (χ1) is 8.74. The molecule has 1 N–H and O–H groups in total. The van der Waals surface area contributed by atoms with Gasteiger partial charge in [0.25, 0.3) is 0 Å². The number of aryl methyl sites for hydroxylation is 3. The van der Waals surface area contributed by atoms with Crippen LogP contribution in [0, 0.1) is 20.8 Å². The van der Waals surface area contributed by atoms with Crippen molar-refractivity contribution in [3.05, 3.63) is 34.4 Å².